The third-order valence-electron chi connectivity index (χ3n) is 2.38. The molecule has 1 saturated heterocycles. The van der Waals surface area contributed by atoms with Crippen LogP contribution in [0.15, 0.2) is 34.5 Å². The third-order valence-corrected chi connectivity index (χ3v) is 3.25. The van der Waals surface area contributed by atoms with E-state index in [-0.39, 0.29) is 5.91 Å². The average Bonchev–Trinajstić information content (AvgIpc) is 2.82. The number of hydrogen-bond acceptors (Lipinski definition) is 5. The lowest BCUT2D eigenvalue weighted by atomic mass is 10.1. The zero-order valence-corrected chi connectivity index (χ0v) is 11.0. The van der Waals surface area contributed by atoms with E-state index in [1.54, 1.807) is 7.11 Å². The van der Waals surface area contributed by atoms with Gasteiger partial charge in [0.05, 0.1) is 18.6 Å². The maximum atomic E-state index is 11.0. The van der Waals surface area contributed by atoms with E-state index in [2.05, 4.69) is 15.5 Å². The number of carbonyl (C=O) groups excluding carboxylic acids is 1. The Kier molecular flexibility index (Phi) is 3.99. The Morgan fingerprint density at radius 2 is 2.11 bits per heavy atom. The highest BCUT2D eigenvalue weighted by Gasteiger charge is 2.16. The van der Waals surface area contributed by atoms with Gasteiger partial charge in [-0.25, -0.2) is 0 Å². The smallest absolute Gasteiger partial charge is 0.236 e. The lowest BCUT2D eigenvalue weighted by Crippen LogP contribution is -2.19. The average molecular weight is 263 g/mol. The summed E-state index contributed by atoms with van der Waals surface area (Å²) in [5.41, 5.74) is 1.75. The number of amidine groups is 1. The number of methoxy groups -OCH3 is 1. The predicted octanol–water partition coefficient (Wildman–Crippen LogP) is 1.64. The van der Waals surface area contributed by atoms with E-state index in [4.69, 9.17) is 4.74 Å². The van der Waals surface area contributed by atoms with Crippen LogP contribution in [0, 0.1) is 0 Å². The molecule has 1 aliphatic rings. The normalized spacial score (nSPS) is 18.0. The van der Waals surface area contributed by atoms with Crippen molar-refractivity contribution in [2.24, 2.45) is 10.2 Å². The van der Waals surface area contributed by atoms with Gasteiger partial charge in [-0.1, -0.05) is 11.8 Å². The molecule has 0 unspecified atom stereocenters. The van der Waals surface area contributed by atoms with Gasteiger partial charge in [-0.2, -0.15) is 5.10 Å². The first kappa shape index (κ1) is 12.6. The van der Waals surface area contributed by atoms with Crippen molar-refractivity contribution < 1.29 is 9.53 Å². The molecule has 18 heavy (non-hydrogen) atoms. The van der Waals surface area contributed by atoms with Gasteiger partial charge in [0.25, 0.3) is 0 Å². The van der Waals surface area contributed by atoms with Gasteiger partial charge in [-0.05, 0) is 36.8 Å². The van der Waals surface area contributed by atoms with Gasteiger partial charge in [0.15, 0.2) is 5.17 Å². The second kappa shape index (κ2) is 5.68. The number of nitrogens with zero attached hydrogens (tertiary/aromatic N) is 2. The summed E-state index contributed by atoms with van der Waals surface area (Å²) in [6, 6.07) is 7.57. The van der Waals surface area contributed by atoms with Crippen molar-refractivity contribution >= 4 is 28.5 Å². The minimum Gasteiger partial charge on any atom is -0.497 e. The Hall–Kier alpha value is -1.82. The Morgan fingerprint density at radius 1 is 1.39 bits per heavy atom. The highest BCUT2D eigenvalue weighted by atomic mass is 32.2. The SMILES string of the molecule is COc1ccc(/C(C)=N\N=C2NC(=O)CS2)cc1. The van der Waals surface area contributed by atoms with Crippen LogP contribution < -0.4 is 10.1 Å². The molecule has 2 rings (SSSR count). The van der Waals surface area contributed by atoms with Crippen molar-refractivity contribution in [3.8, 4) is 5.75 Å². The van der Waals surface area contributed by atoms with Crippen molar-refractivity contribution in [1.29, 1.82) is 0 Å². The van der Waals surface area contributed by atoms with Gasteiger partial charge in [0.1, 0.15) is 5.75 Å². The third kappa shape index (κ3) is 3.10. The first-order chi connectivity index (χ1) is 8.69. The summed E-state index contributed by atoms with van der Waals surface area (Å²) in [6.45, 7) is 1.87. The molecule has 1 heterocycles. The van der Waals surface area contributed by atoms with Crippen LogP contribution in [0.2, 0.25) is 0 Å². The molecular weight excluding hydrogens is 250 g/mol. The molecule has 1 fully saturated rings. The topological polar surface area (TPSA) is 63.1 Å². The quantitative estimate of drug-likeness (QED) is 0.666. The van der Waals surface area contributed by atoms with Gasteiger partial charge in [-0.15, -0.1) is 5.10 Å². The molecule has 1 aromatic carbocycles. The number of amides is 1. The van der Waals surface area contributed by atoms with Crippen LogP contribution in [0.4, 0.5) is 0 Å². The molecule has 1 aromatic rings. The molecule has 1 amide bonds. The molecule has 0 saturated carbocycles. The first-order valence-corrected chi connectivity index (χ1v) is 6.37. The van der Waals surface area contributed by atoms with Crippen molar-refractivity contribution in [2.75, 3.05) is 12.9 Å². The molecule has 0 bridgehead atoms. The monoisotopic (exact) mass is 263 g/mol. The maximum absolute atomic E-state index is 11.0. The molecule has 0 aliphatic carbocycles. The van der Waals surface area contributed by atoms with E-state index in [1.165, 1.54) is 11.8 Å². The predicted molar refractivity (Wildman–Crippen MR) is 73.2 cm³/mol. The largest absolute Gasteiger partial charge is 0.497 e. The summed E-state index contributed by atoms with van der Waals surface area (Å²) in [4.78, 5) is 11.0. The zero-order valence-electron chi connectivity index (χ0n) is 10.1. The highest BCUT2D eigenvalue weighted by Crippen LogP contribution is 2.13. The highest BCUT2D eigenvalue weighted by molar-refractivity contribution is 8.15. The maximum Gasteiger partial charge on any atom is 0.236 e. The summed E-state index contributed by atoms with van der Waals surface area (Å²) in [6.07, 6.45) is 0. The summed E-state index contributed by atoms with van der Waals surface area (Å²) < 4.78 is 5.08. The lowest BCUT2D eigenvalue weighted by Gasteiger charge is -2.01. The van der Waals surface area contributed by atoms with Crippen LogP contribution in [0.3, 0.4) is 0 Å². The fourth-order valence-electron chi connectivity index (χ4n) is 1.39. The number of benzene rings is 1. The van der Waals surface area contributed by atoms with Crippen LogP contribution in [-0.2, 0) is 4.79 Å². The van der Waals surface area contributed by atoms with Crippen molar-refractivity contribution in [3.63, 3.8) is 0 Å². The Morgan fingerprint density at radius 3 is 2.67 bits per heavy atom. The molecule has 94 valence electrons. The first-order valence-electron chi connectivity index (χ1n) is 5.38. The molecule has 5 nitrogen and oxygen atoms in total. The molecular formula is C12H13N3O2S. The Balaban J connectivity index is 2.10. The molecule has 1 N–H and O–H groups in total. The van der Waals surface area contributed by atoms with E-state index in [1.807, 2.05) is 31.2 Å². The molecule has 0 radical (unpaired) electrons. The molecule has 6 heteroatoms. The van der Waals surface area contributed by atoms with Gasteiger partial charge >= 0.3 is 0 Å². The van der Waals surface area contributed by atoms with Crippen molar-refractivity contribution in [1.82, 2.24) is 5.32 Å². The number of thioether (sulfide) groups is 1. The number of hydrogen-bond donors (Lipinski definition) is 1. The van der Waals surface area contributed by atoms with Gasteiger partial charge in [0.2, 0.25) is 5.91 Å². The summed E-state index contributed by atoms with van der Waals surface area (Å²) in [5, 5.41) is 11.3. The van der Waals surface area contributed by atoms with Crippen LogP contribution >= 0.6 is 11.8 Å². The summed E-state index contributed by atoms with van der Waals surface area (Å²) >= 11 is 1.36. The number of nitrogens with one attached hydrogen (secondary N) is 1. The molecule has 1 aliphatic heterocycles. The summed E-state index contributed by atoms with van der Waals surface area (Å²) in [7, 11) is 1.63. The van der Waals surface area contributed by atoms with Gasteiger partial charge in [-0.3, -0.25) is 4.79 Å². The van der Waals surface area contributed by atoms with Crippen LogP contribution in [-0.4, -0.2) is 29.6 Å². The fraction of sp³-hybridized carbons (Fsp3) is 0.250. The van der Waals surface area contributed by atoms with Gasteiger partial charge in [0, 0.05) is 0 Å². The lowest BCUT2D eigenvalue weighted by molar-refractivity contribution is -0.116. The van der Waals surface area contributed by atoms with E-state index < -0.39 is 0 Å². The standard InChI is InChI=1S/C12H13N3O2S/c1-8(9-3-5-10(17-2)6-4-9)14-15-12-13-11(16)7-18-12/h3-6H,7H2,1-2H3,(H,13,15,16)/b14-8-. The number of rotatable bonds is 3. The number of ether oxygens (including phenoxy) is 1. The summed E-state index contributed by atoms with van der Waals surface area (Å²) in [5.74, 6) is 1.18. The van der Waals surface area contributed by atoms with Crippen LogP contribution in [0.1, 0.15) is 12.5 Å². The van der Waals surface area contributed by atoms with E-state index in [9.17, 15) is 4.79 Å². The fourth-order valence-corrected chi connectivity index (χ4v) is 2.01. The Bertz CT molecular complexity index is 509. The molecule has 0 spiro atoms. The minimum atomic E-state index is -0.0314. The van der Waals surface area contributed by atoms with Crippen LogP contribution in [0.25, 0.3) is 0 Å². The number of carbonyl (C=O) groups is 1. The molecule has 0 atom stereocenters. The Labute approximate surface area is 109 Å². The van der Waals surface area contributed by atoms with E-state index in [0.29, 0.717) is 10.9 Å². The second-order valence-electron chi connectivity index (χ2n) is 3.66. The minimum absolute atomic E-state index is 0.0314. The van der Waals surface area contributed by atoms with Crippen molar-refractivity contribution in [3.05, 3.63) is 29.8 Å². The second-order valence-corrected chi connectivity index (χ2v) is 4.62. The van der Waals surface area contributed by atoms with Gasteiger partial charge < -0.3 is 10.1 Å². The van der Waals surface area contributed by atoms with Crippen LogP contribution in [0.5, 0.6) is 5.75 Å². The zero-order chi connectivity index (χ0) is 13.0. The molecule has 0 aromatic heterocycles. The van der Waals surface area contributed by atoms with E-state index >= 15 is 0 Å². The van der Waals surface area contributed by atoms with E-state index in [0.717, 1.165) is 17.0 Å². The van der Waals surface area contributed by atoms with Crippen molar-refractivity contribution in [2.45, 2.75) is 6.92 Å².